The molecule has 0 aliphatic carbocycles. The van der Waals surface area contributed by atoms with Crippen LogP contribution in [-0.4, -0.2) is 48.6 Å². The van der Waals surface area contributed by atoms with Gasteiger partial charge in [0, 0.05) is 24.0 Å². The Balaban J connectivity index is 2.65. The lowest BCUT2D eigenvalue weighted by atomic mass is 10.0. The average Bonchev–Trinajstić information content (AvgIpc) is 2.91. The van der Waals surface area contributed by atoms with E-state index in [4.69, 9.17) is 0 Å². The van der Waals surface area contributed by atoms with Gasteiger partial charge in [-0.3, -0.25) is 0 Å². The minimum atomic E-state index is 0.0716. The molecule has 1 aromatic rings. The summed E-state index contributed by atoms with van der Waals surface area (Å²) in [5, 5.41) is 9.90. The second-order valence-electron chi connectivity index (χ2n) is 6.58. The van der Waals surface area contributed by atoms with Crippen molar-refractivity contribution in [3.05, 3.63) is 16.1 Å². The van der Waals surface area contributed by atoms with Gasteiger partial charge in [0.25, 0.3) is 0 Å². The molecule has 1 aromatic heterocycles. The Labute approximate surface area is 139 Å². The van der Waals surface area contributed by atoms with Gasteiger partial charge >= 0.3 is 0 Å². The van der Waals surface area contributed by atoms with Crippen LogP contribution in [0.15, 0.2) is 10.4 Å². The van der Waals surface area contributed by atoms with Crippen LogP contribution in [0.5, 0.6) is 0 Å². The SMILES string of the molecule is CCNC(=NCc1nc(C(C)C)cs1)NCC(C)(C)N(C)C. The van der Waals surface area contributed by atoms with Gasteiger partial charge in [-0.15, -0.1) is 11.3 Å². The van der Waals surface area contributed by atoms with Crippen molar-refractivity contribution < 1.29 is 0 Å². The van der Waals surface area contributed by atoms with E-state index in [0.717, 1.165) is 29.8 Å². The largest absolute Gasteiger partial charge is 0.357 e. The second kappa shape index (κ2) is 8.48. The van der Waals surface area contributed by atoms with Gasteiger partial charge in [-0.2, -0.15) is 0 Å². The normalized spacial score (nSPS) is 13.0. The lowest BCUT2D eigenvalue weighted by Gasteiger charge is -2.33. The van der Waals surface area contributed by atoms with E-state index in [-0.39, 0.29) is 5.54 Å². The van der Waals surface area contributed by atoms with Gasteiger partial charge in [0.1, 0.15) is 5.01 Å². The van der Waals surface area contributed by atoms with Gasteiger partial charge in [0.2, 0.25) is 0 Å². The van der Waals surface area contributed by atoms with Crippen molar-refractivity contribution in [3.63, 3.8) is 0 Å². The highest BCUT2D eigenvalue weighted by molar-refractivity contribution is 7.09. The summed E-state index contributed by atoms with van der Waals surface area (Å²) in [4.78, 5) is 11.5. The van der Waals surface area contributed by atoms with Crippen molar-refractivity contribution in [1.29, 1.82) is 0 Å². The van der Waals surface area contributed by atoms with Crippen molar-refractivity contribution in [3.8, 4) is 0 Å². The lowest BCUT2D eigenvalue weighted by Crippen LogP contribution is -2.50. The van der Waals surface area contributed by atoms with Gasteiger partial charge in [-0.05, 0) is 40.8 Å². The van der Waals surface area contributed by atoms with Crippen LogP contribution >= 0.6 is 11.3 Å². The molecule has 0 bridgehead atoms. The van der Waals surface area contributed by atoms with Crippen molar-refractivity contribution in [1.82, 2.24) is 20.5 Å². The van der Waals surface area contributed by atoms with Crippen molar-refractivity contribution in [2.75, 3.05) is 27.2 Å². The van der Waals surface area contributed by atoms with E-state index < -0.39 is 0 Å². The predicted molar refractivity (Wildman–Crippen MR) is 96.8 cm³/mol. The Morgan fingerprint density at radius 1 is 1.36 bits per heavy atom. The number of nitrogens with zero attached hydrogens (tertiary/aromatic N) is 3. The zero-order valence-corrected chi connectivity index (χ0v) is 15.8. The smallest absolute Gasteiger partial charge is 0.191 e. The van der Waals surface area contributed by atoms with Crippen LogP contribution in [0.4, 0.5) is 0 Å². The molecule has 0 spiro atoms. The highest BCUT2D eigenvalue weighted by Crippen LogP contribution is 2.18. The number of likely N-dealkylation sites (N-methyl/N-ethyl adjacent to an activating group) is 1. The summed E-state index contributed by atoms with van der Waals surface area (Å²) in [6, 6.07) is 0. The third-order valence-corrected chi connectivity index (χ3v) is 4.63. The molecule has 0 unspecified atom stereocenters. The Morgan fingerprint density at radius 2 is 2.05 bits per heavy atom. The maximum Gasteiger partial charge on any atom is 0.191 e. The van der Waals surface area contributed by atoms with E-state index in [0.29, 0.717) is 12.5 Å². The van der Waals surface area contributed by atoms with Crippen molar-refractivity contribution >= 4 is 17.3 Å². The number of thiazole rings is 1. The van der Waals surface area contributed by atoms with Crippen LogP contribution in [0.25, 0.3) is 0 Å². The molecule has 0 aliphatic rings. The zero-order chi connectivity index (χ0) is 16.8. The molecule has 0 aromatic carbocycles. The summed E-state index contributed by atoms with van der Waals surface area (Å²) in [5.74, 6) is 1.32. The molecule has 1 heterocycles. The van der Waals surface area contributed by atoms with Crippen LogP contribution < -0.4 is 10.6 Å². The minimum Gasteiger partial charge on any atom is -0.357 e. The van der Waals surface area contributed by atoms with E-state index >= 15 is 0 Å². The van der Waals surface area contributed by atoms with Gasteiger partial charge in [0.05, 0.1) is 12.2 Å². The summed E-state index contributed by atoms with van der Waals surface area (Å²) >= 11 is 1.68. The molecule has 0 amide bonds. The Bertz CT molecular complexity index is 477. The van der Waals surface area contributed by atoms with Crippen molar-refractivity contribution in [2.45, 2.75) is 52.6 Å². The number of nitrogens with one attached hydrogen (secondary N) is 2. The quantitative estimate of drug-likeness (QED) is 0.598. The first-order chi connectivity index (χ1) is 10.3. The summed E-state index contributed by atoms with van der Waals surface area (Å²) in [6.07, 6.45) is 0. The van der Waals surface area contributed by atoms with Crippen LogP contribution in [0.2, 0.25) is 0 Å². The topological polar surface area (TPSA) is 52.6 Å². The van der Waals surface area contributed by atoms with E-state index in [9.17, 15) is 0 Å². The molecule has 0 saturated heterocycles. The standard InChI is InChI=1S/C16H31N5S/c1-8-17-15(19-11-16(4,5)21(6)7)18-9-14-20-13(10-22-14)12(2)3/h10,12H,8-9,11H2,1-7H3,(H2,17,18,19). The van der Waals surface area contributed by atoms with E-state index in [2.05, 4.69) is 79.6 Å². The molecule has 0 saturated carbocycles. The van der Waals surface area contributed by atoms with Crippen LogP contribution in [0.3, 0.4) is 0 Å². The molecule has 0 aliphatic heterocycles. The molecule has 0 atom stereocenters. The van der Waals surface area contributed by atoms with E-state index in [1.165, 1.54) is 0 Å². The number of hydrogen-bond acceptors (Lipinski definition) is 4. The van der Waals surface area contributed by atoms with E-state index in [1.807, 2.05) is 0 Å². The van der Waals surface area contributed by atoms with Crippen LogP contribution in [0, 0.1) is 0 Å². The van der Waals surface area contributed by atoms with Gasteiger partial charge in [0.15, 0.2) is 5.96 Å². The summed E-state index contributed by atoms with van der Waals surface area (Å²) in [5.41, 5.74) is 1.23. The monoisotopic (exact) mass is 325 g/mol. The summed E-state index contributed by atoms with van der Waals surface area (Å²) in [6.45, 7) is 13.1. The molecular formula is C16H31N5S. The first kappa shape index (κ1) is 18.9. The number of guanidine groups is 1. The maximum atomic E-state index is 4.64. The third kappa shape index (κ3) is 5.93. The average molecular weight is 326 g/mol. The zero-order valence-electron chi connectivity index (χ0n) is 15.0. The van der Waals surface area contributed by atoms with Crippen LogP contribution in [0.1, 0.15) is 51.2 Å². The maximum absolute atomic E-state index is 4.64. The molecule has 0 fully saturated rings. The Morgan fingerprint density at radius 3 is 2.55 bits per heavy atom. The highest BCUT2D eigenvalue weighted by Gasteiger charge is 2.20. The first-order valence-electron chi connectivity index (χ1n) is 7.90. The van der Waals surface area contributed by atoms with E-state index in [1.54, 1.807) is 11.3 Å². The molecular weight excluding hydrogens is 294 g/mol. The van der Waals surface area contributed by atoms with Crippen molar-refractivity contribution in [2.24, 2.45) is 4.99 Å². The summed E-state index contributed by atoms with van der Waals surface area (Å²) < 4.78 is 0. The number of aliphatic imine (C=N–C) groups is 1. The second-order valence-corrected chi connectivity index (χ2v) is 7.52. The Hall–Kier alpha value is -1.14. The highest BCUT2D eigenvalue weighted by atomic mass is 32.1. The molecule has 126 valence electrons. The van der Waals surface area contributed by atoms with Gasteiger partial charge in [-0.1, -0.05) is 13.8 Å². The fourth-order valence-electron chi connectivity index (χ4n) is 1.61. The predicted octanol–water partition coefficient (Wildman–Crippen LogP) is 2.66. The molecule has 5 nitrogen and oxygen atoms in total. The third-order valence-electron chi connectivity index (χ3n) is 3.78. The number of hydrogen-bond donors (Lipinski definition) is 2. The fourth-order valence-corrected chi connectivity index (χ4v) is 2.49. The van der Waals surface area contributed by atoms with Gasteiger partial charge < -0.3 is 15.5 Å². The van der Waals surface area contributed by atoms with Gasteiger partial charge in [-0.25, -0.2) is 9.98 Å². The fraction of sp³-hybridized carbons (Fsp3) is 0.750. The molecule has 22 heavy (non-hydrogen) atoms. The number of aromatic nitrogens is 1. The molecule has 6 heteroatoms. The summed E-state index contributed by atoms with van der Waals surface area (Å²) in [7, 11) is 4.18. The Kier molecular flexibility index (Phi) is 7.29. The lowest BCUT2D eigenvalue weighted by molar-refractivity contribution is 0.197. The molecule has 1 rings (SSSR count). The number of rotatable bonds is 7. The molecule has 2 N–H and O–H groups in total. The minimum absolute atomic E-state index is 0.0716. The molecule has 0 radical (unpaired) electrons. The van der Waals surface area contributed by atoms with Crippen LogP contribution in [-0.2, 0) is 6.54 Å². The first-order valence-corrected chi connectivity index (χ1v) is 8.78.